The zero-order valence-electron chi connectivity index (χ0n) is 14.2. The average Bonchev–Trinajstić information content (AvgIpc) is 3.13. The van der Waals surface area contributed by atoms with E-state index in [-0.39, 0.29) is 10.8 Å². The third kappa shape index (κ3) is 6.15. The number of ether oxygens (including phenoxy) is 1. The fourth-order valence-corrected chi connectivity index (χ4v) is 4.04. The van der Waals surface area contributed by atoms with E-state index in [4.69, 9.17) is 4.74 Å². The molecule has 8 heteroatoms. The molecule has 0 saturated heterocycles. The van der Waals surface area contributed by atoms with Crippen LogP contribution in [0.25, 0.3) is 0 Å². The van der Waals surface area contributed by atoms with Crippen LogP contribution in [0, 0.1) is 0 Å². The van der Waals surface area contributed by atoms with E-state index in [2.05, 4.69) is 23.9 Å². The van der Waals surface area contributed by atoms with E-state index in [0.29, 0.717) is 19.1 Å². The van der Waals surface area contributed by atoms with Gasteiger partial charge in [0.2, 0.25) is 5.91 Å². The van der Waals surface area contributed by atoms with Crippen molar-refractivity contribution >= 4 is 27.3 Å². The summed E-state index contributed by atoms with van der Waals surface area (Å²) in [6.07, 6.45) is 0. The quantitative estimate of drug-likeness (QED) is 0.652. The molecule has 0 bridgehead atoms. The van der Waals surface area contributed by atoms with E-state index in [9.17, 15) is 13.2 Å². The zero-order chi connectivity index (χ0) is 18.3. The van der Waals surface area contributed by atoms with Crippen LogP contribution in [0.2, 0.25) is 0 Å². The molecule has 25 heavy (non-hydrogen) atoms. The van der Waals surface area contributed by atoms with Crippen LogP contribution in [0.5, 0.6) is 5.75 Å². The summed E-state index contributed by atoms with van der Waals surface area (Å²) in [7, 11) is -3.62. The molecule has 0 aliphatic heterocycles. The summed E-state index contributed by atoms with van der Waals surface area (Å²) >= 11 is 1.10. The SMILES string of the molecule is CC(C)c1ccc(OCCNC(=O)CNS(=O)(=O)c2cccs2)cc1. The van der Waals surface area contributed by atoms with Gasteiger partial charge in [-0.1, -0.05) is 32.0 Å². The van der Waals surface area contributed by atoms with Crippen LogP contribution in [-0.4, -0.2) is 34.0 Å². The molecule has 1 heterocycles. The van der Waals surface area contributed by atoms with Crippen LogP contribution in [0.1, 0.15) is 25.3 Å². The summed E-state index contributed by atoms with van der Waals surface area (Å²) < 4.78 is 31.8. The lowest BCUT2D eigenvalue weighted by atomic mass is 10.0. The summed E-state index contributed by atoms with van der Waals surface area (Å²) in [5.74, 6) is 0.794. The number of amides is 1. The normalized spacial score (nSPS) is 11.5. The molecule has 2 aromatic rings. The highest BCUT2D eigenvalue weighted by molar-refractivity contribution is 7.91. The molecule has 0 atom stereocenters. The van der Waals surface area contributed by atoms with Crippen LogP contribution in [0.4, 0.5) is 0 Å². The second-order valence-electron chi connectivity index (χ2n) is 5.68. The predicted molar refractivity (Wildman–Crippen MR) is 98.5 cm³/mol. The van der Waals surface area contributed by atoms with Gasteiger partial charge in [0.1, 0.15) is 16.6 Å². The summed E-state index contributed by atoms with van der Waals surface area (Å²) in [5.41, 5.74) is 1.23. The van der Waals surface area contributed by atoms with E-state index in [1.54, 1.807) is 11.4 Å². The van der Waals surface area contributed by atoms with Crippen molar-refractivity contribution in [3.05, 3.63) is 47.3 Å². The molecule has 0 radical (unpaired) electrons. The Morgan fingerprint density at radius 1 is 1.20 bits per heavy atom. The molecule has 1 amide bonds. The molecular formula is C17H22N2O4S2. The maximum atomic E-state index is 11.9. The Morgan fingerprint density at radius 2 is 1.92 bits per heavy atom. The van der Waals surface area contributed by atoms with Crippen molar-refractivity contribution in [3.8, 4) is 5.75 Å². The Hall–Kier alpha value is -1.90. The molecule has 2 N–H and O–H groups in total. The summed E-state index contributed by atoms with van der Waals surface area (Å²) in [5, 5.41) is 4.28. The first-order valence-electron chi connectivity index (χ1n) is 7.91. The first kappa shape index (κ1) is 19.4. The number of rotatable bonds is 9. The Kier molecular flexibility index (Phi) is 6.98. The highest BCUT2D eigenvalue weighted by Gasteiger charge is 2.16. The van der Waals surface area contributed by atoms with Crippen LogP contribution in [0.15, 0.2) is 46.0 Å². The van der Waals surface area contributed by atoms with E-state index < -0.39 is 15.9 Å². The minimum atomic E-state index is -3.62. The van der Waals surface area contributed by atoms with Gasteiger partial charge in [-0.3, -0.25) is 4.79 Å². The van der Waals surface area contributed by atoms with Crippen molar-refractivity contribution in [2.24, 2.45) is 0 Å². The standard InChI is InChI=1S/C17H22N2O4S2/c1-13(2)14-5-7-15(8-6-14)23-10-9-18-16(20)12-19-25(21,22)17-4-3-11-24-17/h3-8,11,13,19H,9-10,12H2,1-2H3,(H,18,20). The van der Waals surface area contributed by atoms with E-state index >= 15 is 0 Å². The number of carbonyl (C=O) groups is 1. The maximum Gasteiger partial charge on any atom is 0.250 e. The van der Waals surface area contributed by atoms with Gasteiger partial charge in [0.15, 0.2) is 0 Å². The van der Waals surface area contributed by atoms with Gasteiger partial charge >= 0.3 is 0 Å². The number of nitrogens with one attached hydrogen (secondary N) is 2. The number of thiophene rings is 1. The molecule has 0 aliphatic carbocycles. The van der Waals surface area contributed by atoms with Crippen molar-refractivity contribution in [1.29, 1.82) is 0 Å². The molecular weight excluding hydrogens is 360 g/mol. The topological polar surface area (TPSA) is 84.5 Å². The fourth-order valence-electron chi connectivity index (χ4n) is 2.02. The lowest BCUT2D eigenvalue weighted by Crippen LogP contribution is -2.38. The van der Waals surface area contributed by atoms with E-state index in [1.165, 1.54) is 11.6 Å². The monoisotopic (exact) mass is 382 g/mol. The molecule has 0 saturated carbocycles. The second kappa shape index (κ2) is 8.98. The summed E-state index contributed by atoms with van der Waals surface area (Å²) in [6.45, 7) is 4.55. The molecule has 2 rings (SSSR count). The fraction of sp³-hybridized carbons (Fsp3) is 0.353. The van der Waals surface area contributed by atoms with Gasteiger partial charge in [0, 0.05) is 0 Å². The van der Waals surface area contributed by atoms with Gasteiger partial charge in [-0.15, -0.1) is 11.3 Å². The van der Waals surface area contributed by atoms with Crippen molar-refractivity contribution in [3.63, 3.8) is 0 Å². The molecule has 1 aromatic heterocycles. The minimum absolute atomic E-state index is 0.188. The van der Waals surface area contributed by atoms with Crippen LogP contribution < -0.4 is 14.8 Å². The Morgan fingerprint density at radius 3 is 2.52 bits per heavy atom. The highest BCUT2D eigenvalue weighted by atomic mass is 32.2. The van der Waals surface area contributed by atoms with E-state index in [1.807, 2.05) is 24.3 Å². The molecule has 0 spiro atoms. The smallest absolute Gasteiger partial charge is 0.250 e. The Balaban J connectivity index is 1.67. The van der Waals surface area contributed by atoms with Crippen molar-refractivity contribution in [1.82, 2.24) is 10.0 Å². The number of sulfonamides is 1. The zero-order valence-corrected chi connectivity index (χ0v) is 15.8. The van der Waals surface area contributed by atoms with Gasteiger partial charge in [0.25, 0.3) is 10.0 Å². The molecule has 6 nitrogen and oxygen atoms in total. The number of benzene rings is 1. The average molecular weight is 383 g/mol. The van der Waals surface area contributed by atoms with Crippen molar-refractivity contribution in [2.75, 3.05) is 19.7 Å². The lowest BCUT2D eigenvalue weighted by molar-refractivity contribution is -0.120. The Labute approximate surface area is 152 Å². The largest absolute Gasteiger partial charge is 0.492 e. The number of hydrogen-bond donors (Lipinski definition) is 2. The first-order chi connectivity index (χ1) is 11.9. The van der Waals surface area contributed by atoms with Crippen LogP contribution >= 0.6 is 11.3 Å². The molecule has 136 valence electrons. The van der Waals surface area contributed by atoms with Crippen LogP contribution in [-0.2, 0) is 14.8 Å². The highest BCUT2D eigenvalue weighted by Crippen LogP contribution is 2.18. The summed E-state index contributed by atoms with van der Waals surface area (Å²) in [4.78, 5) is 11.7. The third-order valence-corrected chi connectivity index (χ3v) is 6.22. The maximum absolute atomic E-state index is 11.9. The summed E-state index contributed by atoms with van der Waals surface area (Å²) in [6, 6.07) is 10.9. The van der Waals surface area contributed by atoms with Gasteiger partial charge in [-0.25, -0.2) is 13.1 Å². The number of carbonyl (C=O) groups excluding carboxylic acids is 1. The first-order valence-corrected chi connectivity index (χ1v) is 10.3. The lowest BCUT2D eigenvalue weighted by Gasteiger charge is -2.10. The van der Waals surface area contributed by atoms with Gasteiger partial charge < -0.3 is 10.1 Å². The third-order valence-electron chi connectivity index (χ3n) is 3.42. The van der Waals surface area contributed by atoms with Crippen molar-refractivity contribution < 1.29 is 17.9 Å². The minimum Gasteiger partial charge on any atom is -0.492 e. The van der Waals surface area contributed by atoms with Gasteiger partial charge in [0.05, 0.1) is 13.1 Å². The molecule has 0 aliphatic rings. The van der Waals surface area contributed by atoms with Crippen molar-refractivity contribution in [2.45, 2.75) is 24.0 Å². The molecule has 1 aromatic carbocycles. The molecule has 0 unspecified atom stereocenters. The van der Waals surface area contributed by atoms with E-state index in [0.717, 1.165) is 17.1 Å². The van der Waals surface area contributed by atoms with Crippen LogP contribution in [0.3, 0.4) is 0 Å². The Bertz CT molecular complexity index is 769. The van der Waals surface area contributed by atoms with Gasteiger partial charge in [-0.05, 0) is 35.1 Å². The number of hydrogen-bond acceptors (Lipinski definition) is 5. The molecule has 0 fully saturated rings. The second-order valence-corrected chi connectivity index (χ2v) is 8.62. The van der Waals surface area contributed by atoms with Gasteiger partial charge in [-0.2, -0.15) is 0 Å². The predicted octanol–water partition coefficient (Wildman–Crippen LogP) is 2.34.